The first-order valence-electron chi connectivity index (χ1n) is 8.78. The minimum atomic E-state index is 0.127. The van der Waals surface area contributed by atoms with Crippen molar-refractivity contribution in [2.24, 2.45) is 0 Å². The molecule has 0 saturated carbocycles. The zero-order valence-electron chi connectivity index (χ0n) is 15.0. The zero-order valence-corrected chi connectivity index (χ0v) is 15.0. The Kier molecular flexibility index (Phi) is 4.39. The lowest BCUT2D eigenvalue weighted by atomic mass is 10.0. The standard InChI is InChI=1S/C21H21N3O2/c1-14-3-4-16-11-17-12-24(10-9-19(17)23-21(16)22-14)13-20(25)15-5-7-18(26-2)8-6-15/h3-8,11H,9-10,12-13H2,1-2H3. The lowest BCUT2D eigenvalue weighted by Gasteiger charge is -2.27. The van der Waals surface area contributed by atoms with Gasteiger partial charge in [-0.1, -0.05) is 0 Å². The Morgan fingerprint density at radius 1 is 1.15 bits per heavy atom. The minimum absolute atomic E-state index is 0.127. The van der Waals surface area contributed by atoms with Gasteiger partial charge in [-0.25, -0.2) is 9.97 Å². The van der Waals surface area contributed by atoms with Crippen molar-refractivity contribution < 1.29 is 9.53 Å². The number of aromatic nitrogens is 2. The van der Waals surface area contributed by atoms with Crippen LogP contribution in [0.15, 0.2) is 42.5 Å². The Morgan fingerprint density at radius 3 is 2.73 bits per heavy atom. The third kappa shape index (κ3) is 3.30. The molecule has 3 heterocycles. The molecule has 0 unspecified atom stereocenters. The molecular weight excluding hydrogens is 326 g/mol. The molecule has 26 heavy (non-hydrogen) atoms. The van der Waals surface area contributed by atoms with Crippen molar-refractivity contribution in [2.75, 3.05) is 20.2 Å². The molecule has 1 aliphatic heterocycles. The van der Waals surface area contributed by atoms with Gasteiger partial charge in [0.05, 0.1) is 13.7 Å². The third-order valence-corrected chi connectivity index (χ3v) is 4.82. The van der Waals surface area contributed by atoms with Crippen LogP contribution < -0.4 is 4.74 Å². The molecule has 0 amide bonds. The van der Waals surface area contributed by atoms with Gasteiger partial charge in [-0.3, -0.25) is 9.69 Å². The van der Waals surface area contributed by atoms with Crippen molar-refractivity contribution in [1.82, 2.24) is 14.9 Å². The van der Waals surface area contributed by atoms with Crippen molar-refractivity contribution in [3.63, 3.8) is 0 Å². The molecule has 0 radical (unpaired) electrons. The van der Waals surface area contributed by atoms with Crippen LogP contribution in [0.4, 0.5) is 0 Å². The minimum Gasteiger partial charge on any atom is -0.497 e. The Labute approximate surface area is 152 Å². The maximum absolute atomic E-state index is 12.6. The number of ketones is 1. The lowest BCUT2D eigenvalue weighted by molar-refractivity contribution is 0.0921. The summed E-state index contributed by atoms with van der Waals surface area (Å²) < 4.78 is 5.15. The molecular formula is C21H21N3O2. The molecule has 0 saturated heterocycles. The molecule has 132 valence electrons. The monoisotopic (exact) mass is 347 g/mol. The van der Waals surface area contributed by atoms with Gasteiger partial charge in [0.2, 0.25) is 0 Å². The molecule has 2 aromatic heterocycles. The molecule has 1 aliphatic rings. The van der Waals surface area contributed by atoms with E-state index in [9.17, 15) is 4.79 Å². The van der Waals surface area contributed by atoms with Gasteiger partial charge < -0.3 is 4.74 Å². The number of hydrogen-bond donors (Lipinski definition) is 0. The first-order valence-corrected chi connectivity index (χ1v) is 8.78. The maximum atomic E-state index is 12.6. The lowest BCUT2D eigenvalue weighted by Crippen LogP contribution is -2.35. The molecule has 0 bridgehead atoms. The third-order valence-electron chi connectivity index (χ3n) is 4.82. The topological polar surface area (TPSA) is 55.3 Å². The van der Waals surface area contributed by atoms with E-state index in [0.717, 1.165) is 47.7 Å². The Hall–Kier alpha value is -2.79. The quantitative estimate of drug-likeness (QED) is 0.679. The van der Waals surface area contributed by atoms with Crippen LogP contribution >= 0.6 is 0 Å². The van der Waals surface area contributed by atoms with Crippen LogP contribution in [0.3, 0.4) is 0 Å². The van der Waals surface area contributed by atoms with Crippen LogP contribution in [-0.2, 0) is 13.0 Å². The van der Waals surface area contributed by atoms with Crippen molar-refractivity contribution in [3.8, 4) is 5.75 Å². The number of pyridine rings is 2. The number of ether oxygens (including phenoxy) is 1. The second-order valence-corrected chi connectivity index (χ2v) is 6.71. The maximum Gasteiger partial charge on any atom is 0.176 e. The van der Waals surface area contributed by atoms with Gasteiger partial charge >= 0.3 is 0 Å². The fraction of sp³-hybridized carbons (Fsp3) is 0.286. The van der Waals surface area contributed by atoms with Crippen LogP contribution in [0, 0.1) is 6.92 Å². The van der Waals surface area contributed by atoms with Crippen molar-refractivity contribution in [2.45, 2.75) is 19.9 Å². The first kappa shape index (κ1) is 16.7. The van der Waals surface area contributed by atoms with Gasteiger partial charge in [0.25, 0.3) is 0 Å². The van der Waals surface area contributed by atoms with Gasteiger partial charge in [0.15, 0.2) is 11.4 Å². The average Bonchev–Trinajstić information content (AvgIpc) is 2.66. The van der Waals surface area contributed by atoms with Gasteiger partial charge in [0, 0.05) is 41.8 Å². The van der Waals surface area contributed by atoms with Gasteiger partial charge in [-0.05, 0) is 55.0 Å². The van der Waals surface area contributed by atoms with Gasteiger partial charge in [0.1, 0.15) is 5.75 Å². The number of hydrogen-bond acceptors (Lipinski definition) is 5. The van der Waals surface area contributed by atoms with Crippen LogP contribution in [0.1, 0.15) is 27.3 Å². The van der Waals surface area contributed by atoms with Gasteiger partial charge in [-0.2, -0.15) is 0 Å². The summed E-state index contributed by atoms with van der Waals surface area (Å²) in [6, 6.07) is 13.5. The number of nitrogens with zero attached hydrogens (tertiary/aromatic N) is 3. The molecule has 0 atom stereocenters. The average molecular weight is 347 g/mol. The molecule has 0 N–H and O–H groups in total. The number of fused-ring (bicyclic) bond motifs is 2. The second-order valence-electron chi connectivity index (χ2n) is 6.71. The largest absolute Gasteiger partial charge is 0.497 e. The number of Topliss-reactive ketones (excluding diaryl/α,β-unsaturated/α-hetero) is 1. The smallest absolute Gasteiger partial charge is 0.176 e. The summed E-state index contributed by atoms with van der Waals surface area (Å²) in [5.41, 5.74) is 4.80. The molecule has 3 aromatic rings. The van der Waals surface area contributed by atoms with E-state index >= 15 is 0 Å². The van der Waals surface area contributed by atoms with Gasteiger partial charge in [-0.15, -0.1) is 0 Å². The van der Waals surface area contributed by atoms with Crippen LogP contribution in [0.5, 0.6) is 5.75 Å². The molecule has 1 aromatic carbocycles. The predicted octanol–water partition coefficient (Wildman–Crippen LogP) is 3.19. The SMILES string of the molecule is COc1ccc(C(=O)CN2CCc3nc4nc(C)ccc4cc3C2)cc1. The van der Waals surface area contributed by atoms with E-state index < -0.39 is 0 Å². The summed E-state index contributed by atoms with van der Waals surface area (Å²) >= 11 is 0. The summed E-state index contributed by atoms with van der Waals surface area (Å²) in [7, 11) is 1.62. The number of carbonyl (C=O) groups excluding carboxylic acids is 1. The fourth-order valence-corrected chi connectivity index (χ4v) is 3.37. The highest BCUT2D eigenvalue weighted by atomic mass is 16.5. The Morgan fingerprint density at radius 2 is 1.96 bits per heavy atom. The molecule has 4 rings (SSSR count). The highest BCUT2D eigenvalue weighted by Gasteiger charge is 2.21. The molecule has 0 spiro atoms. The number of aryl methyl sites for hydroxylation is 1. The van der Waals surface area contributed by atoms with Crippen molar-refractivity contribution in [3.05, 3.63) is 65.0 Å². The summed E-state index contributed by atoms with van der Waals surface area (Å²) in [5, 5.41) is 1.05. The highest BCUT2D eigenvalue weighted by Crippen LogP contribution is 2.22. The number of methoxy groups -OCH3 is 1. The summed E-state index contributed by atoms with van der Waals surface area (Å²) in [6.45, 7) is 3.97. The molecule has 5 nitrogen and oxygen atoms in total. The Bertz CT molecular complexity index is 967. The van der Waals surface area contributed by atoms with E-state index in [1.54, 1.807) is 7.11 Å². The highest BCUT2D eigenvalue weighted by molar-refractivity contribution is 5.97. The first-order chi connectivity index (χ1) is 12.6. The summed E-state index contributed by atoms with van der Waals surface area (Å²) in [4.78, 5) is 24.0. The molecule has 0 fully saturated rings. The van der Waals surface area contributed by atoms with Crippen LogP contribution in [0.25, 0.3) is 11.0 Å². The van der Waals surface area contributed by atoms with E-state index in [2.05, 4.69) is 22.0 Å². The Balaban J connectivity index is 1.50. The normalized spacial score (nSPS) is 14.2. The van der Waals surface area contributed by atoms with E-state index in [-0.39, 0.29) is 5.78 Å². The van der Waals surface area contributed by atoms with E-state index in [1.807, 2.05) is 37.3 Å². The zero-order chi connectivity index (χ0) is 18.1. The number of benzene rings is 1. The van der Waals surface area contributed by atoms with Crippen LogP contribution in [-0.4, -0.2) is 40.9 Å². The van der Waals surface area contributed by atoms with Crippen molar-refractivity contribution >= 4 is 16.8 Å². The summed E-state index contributed by atoms with van der Waals surface area (Å²) in [5.74, 6) is 0.886. The van der Waals surface area contributed by atoms with E-state index in [1.165, 1.54) is 5.56 Å². The van der Waals surface area contributed by atoms with Crippen molar-refractivity contribution in [1.29, 1.82) is 0 Å². The fourth-order valence-electron chi connectivity index (χ4n) is 3.37. The van der Waals surface area contributed by atoms with E-state index in [0.29, 0.717) is 12.1 Å². The molecule has 0 aliphatic carbocycles. The van der Waals surface area contributed by atoms with E-state index in [4.69, 9.17) is 9.72 Å². The second kappa shape index (κ2) is 6.84. The number of rotatable bonds is 4. The summed E-state index contributed by atoms with van der Waals surface area (Å²) in [6.07, 6.45) is 0.844. The molecule has 5 heteroatoms. The van der Waals surface area contributed by atoms with Crippen LogP contribution in [0.2, 0.25) is 0 Å². The number of carbonyl (C=O) groups is 1. The predicted molar refractivity (Wildman–Crippen MR) is 101 cm³/mol.